The van der Waals surface area contributed by atoms with Crippen molar-refractivity contribution in [2.75, 3.05) is 0 Å². The van der Waals surface area contributed by atoms with Crippen LogP contribution in [0.4, 0.5) is 0 Å². The molecular weight excluding hydrogens is 282 g/mol. The minimum atomic E-state index is -3.73. The summed E-state index contributed by atoms with van der Waals surface area (Å²) in [6, 6.07) is 1.53. The highest BCUT2D eigenvalue weighted by Crippen LogP contribution is 2.27. The number of thiophene rings is 1. The van der Waals surface area contributed by atoms with E-state index < -0.39 is 9.05 Å². The van der Waals surface area contributed by atoms with E-state index >= 15 is 0 Å². The molecule has 7 heteroatoms. The lowest BCUT2D eigenvalue weighted by Gasteiger charge is -2.33. The van der Waals surface area contributed by atoms with Gasteiger partial charge in [0.1, 0.15) is 4.21 Å². The molecule has 0 radical (unpaired) electrons. The second-order valence-corrected chi connectivity index (χ2v) is 8.04. The third-order valence-electron chi connectivity index (χ3n) is 2.79. The van der Waals surface area contributed by atoms with Crippen molar-refractivity contribution in [2.24, 2.45) is 5.92 Å². The molecule has 1 amide bonds. The predicted molar refractivity (Wildman–Crippen MR) is 67.0 cm³/mol. The fraction of sp³-hybridized carbons (Fsp3) is 0.500. The van der Waals surface area contributed by atoms with Gasteiger partial charge in [-0.25, -0.2) is 8.42 Å². The van der Waals surface area contributed by atoms with Gasteiger partial charge in [-0.2, -0.15) is 0 Å². The van der Waals surface area contributed by atoms with E-state index in [0.717, 1.165) is 24.2 Å². The second kappa shape index (κ2) is 4.59. The van der Waals surface area contributed by atoms with Gasteiger partial charge in [-0.05, 0) is 24.8 Å². The van der Waals surface area contributed by atoms with Gasteiger partial charge in [0.2, 0.25) is 0 Å². The Balaban J connectivity index is 2.03. The molecule has 1 aromatic heterocycles. The molecule has 0 saturated heterocycles. The van der Waals surface area contributed by atoms with Crippen LogP contribution in [0.15, 0.2) is 15.7 Å². The second-order valence-electron chi connectivity index (χ2n) is 4.34. The van der Waals surface area contributed by atoms with Crippen LogP contribution in [0.2, 0.25) is 0 Å². The molecular formula is C10H12ClNO3S2. The Bertz CT molecular complexity index is 532. The third kappa shape index (κ3) is 3.00. The summed E-state index contributed by atoms with van der Waals surface area (Å²) in [7, 11) is 1.46. The van der Waals surface area contributed by atoms with Crippen LogP contribution in [0.1, 0.15) is 30.1 Å². The molecule has 1 saturated carbocycles. The highest BCUT2D eigenvalue weighted by Gasteiger charge is 2.27. The molecule has 0 unspecified atom stereocenters. The molecule has 1 N–H and O–H groups in total. The molecule has 4 nitrogen and oxygen atoms in total. The van der Waals surface area contributed by atoms with Crippen LogP contribution in [-0.2, 0) is 9.05 Å². The molecule has 0 spiro atoms. The molecule has 0 atom stereocenters. The van der Waals surface area contributed by atoms with Crippen molar-refractivity contribution in [1.82, 2.24) is 5.32 Å². The first-order valence-electron chi connectivity index (χ1n) is 5.20. The maximum absolute atomic E-state index is 11.8. The molecule has 1 fully saturated rings. The molecule has 1 aromatic rings. The van der Waals surface area contributed by atoms with E-state index in [0.29, 0.717) is 11.5 Å². The van der Waals surface area contributed by atoms with Crippen LogP contribution in [0.5, 0.6) is 0 Å². The van der Waals surface area contributed by atoms with Crippen LogP contribution in [0.3, 0.4) is 0 Å². The maximum atomic E-state index is 11.8. The van der Waals surface area contributed by atoms with Crippen molar-refractivity contribution in [3.05, 3.63) is 17.0 Å². The monoisotopic (exact) mass is 293 g/mol. The molecule has 2 rings (SSSR count). The summed E-state index contributed by atoms with van der Waals surface area (Å²) in [4.78, 5) is 11.8. The first-order chi connectivity index (χ1) is 7.86. The lowest BCUT2D eigenvalue weighted by molar-refractivity contribution is 0.0896. The molecule has 0 aliphatic heterocycles. The van der Waals surface area contributed by atoms with Crippen molar-refractivity contribution >= 4 is 37.0 Å². The van der Waals surface area contributed by atoms with Crippen LogP contribution in [-0.4, -0.2) is 20.4 Å². The van der Waals surface area contributed by atoms with Crippen LogP contribution >= 0.6 is 22.0 Å². The number of nitrogens with one attached hydrogen (secondary N) is 1. The molecule has 0 bridgehead atoms. The highest BCUT2D eigenvalue weighted by molar-refractivity contribution is 8.15. The Morgan fingerprint density at radius 1 is 1.53 bits per heavy atom. The lowest BCUT2D eigenvalue weighted by atomic mass is 9.82. The first kappa shape index (κ1) is 12.9. The van der Waals surface area contributed by atoms with Crippen LogP contribution < -0.4 is 5.32 Å². The lowest BCUT2D eigenvalue weighted by Crippen LogP contribution is -2.43. The molecule has 0 aromatic carbocycles. The SMILES string of the molecule is CC1CC(NC(=O)c2csc(S(=O)(=O)Cl)c2)C1. The van der Waals surface area contributed by atoms with Crippen LogP contribution in [0.25, 0.3) is 0 Å². The topological polar surface area (TPSA) is 63.2 Å². The third-order valence-corrected chi connectivity index (χ3v) is 5.83. The molecule has 1 aliphatic rings. The van der Waals surface area contributed by atoms with E-state index in [9.17, 15) is 13.2 Å². The van der Waals surface area contributed by atoms with Gasteiger partial charge in [0.05, 0.1) is 5.56 Å². The minimum Gasteiger partial charge on any atom is -0.349 e. The van der Waals surface area contributed by atoms with Gasteiger partial charge in [0, 0.05) is 22.1 Å². The summed E-state index contributed by atoms with van der Waals surface area (Å²) < 4.78 is 22.1. The largest absolute Gasteiger partial charge is 0.349 e. The minimum absolute atomic E-state index is 0.00583. The van der Waals surface area contributed by atoms with Gasteiger partial charge in [-0.15, -0.1) is 11.3 Å². The fourth-order valence-corrected chi connectivity index (χ4v) is 3.80. The first-order valence-corrected chi connectivity index (χ1v) is 8.39. The maximum Gasteiger partial charge on any atom is 0.270 e. The molecule has 17 heavy (non-hydrogen) atoms. The number of hydrogen-bond acceptors (Lipinski definition) is 4. The molecule has 1 heterocycles. The Labute approximate surface area is 108 Å². The van der Waals surface area contributed by atoms with Crippen molar-refractivity contribution in [1.29, 1.82) is 0 Å². The van der Waals surface area contributed by atoms with Gasteiger partial charge < -0.3 is 5.32 Å². The van der Waals surface area contributed by atoms with E-state index in [1.807, 2.05) is 0 Å². The Kier molecular flexibility index (Phi) is 3.47. The number of carbonyl (C=O) groups is 1. The summed E-state index contributed by atoms with van der Waals surface area (Å²) in [5, 5.41) is 4.36. The highest BCUT2D eigenvalue weighted by atomic mass is 35.7. The van der Waals surface area contributed by atoms with Crippen molar-refractivity contribution in [3.8, 4) is 0 Å². The standard InChI is InChI=1S/C10H12ClNO3S2/c1-6-2-8(3-6)12-10(13)7-4-9(16-5-7)17(11,14)15/h4-6,8H,2-3H2,1H3,(H,12,13). The quantitative estimate of drug-likeness (QED) is 0.869. The predicted octanol–water partition coefficient (Wildman–Crippen LogP) is 2.20. The normalized spacial score (nSPS) is 24.1. The smallest absolute Gasteiger partial charge is 0.270 e. The molecule has 1 aliphatic carbocycles. The number of rotatable bonds is 3. The zero-order valence-corrected chi connectivity index (χ0v) is 11.5. The van der Waals surface area contributed by atoms with E-state index in [-0.39, 0.29) is 16.2 Å². The van der Waals surface area contributed by atoms with E-state index in [1.165, 1.54) is 11.4 Å². The number of hydrogen-bond donors (Lipinski definition) is 1. The van der Waals surface area contributed by atoms with Gasteiger partial charge in [-0.1, -0.05) is 6.92 Å². The summed E-state index contributed by atoms with van der Waals surface area (Å²) in [5.41, 5.74) is 0.355. The van der Waals surface area contributed by atoms with Crippen molar-refractivity contribution in [3.63, 3.8) is 0 Å². The van der Waals surface area contributed by atoms with Crippen LogP contribution in [0, 0.1) is 5.92 Å². The van der Waals surface area contributed by atoms with Gasteiger partial charge >= 0.3 is 0 Å². The number of halogens is 1. The summed E-state index contributed by atoms with van der Waals surface area (Å²) >= 11 is 0.957. The van der Waals surface area contributed by atoms with Gasteiger partial charge in [0.15, 0.2) is 0 Å². The Hall–Kier alpha value is -0.590. The fourth-order valence-electron chi connectivity index (χ4n) is 1.85. The van der Waals surface area contributed by atoms with Gasteiger partial charge in [0.25, 0.3) is 15.0 Å². The van der Waals surface area contributed by atoms with Gasteiger partial charge in [-0.3, -0.25) is 4.79 Å². The Morgan fingerprint density at radius 3 is 2.65 bits per heavy atom. The average Bonchev–Trinajstić information content (AvgIpc) is 2.63. The summed E-state index contributed by atoms with van der Waals surface area (Å²) in [5.74, 6) is 0.422. The number of carbonyl (C=O) groups excluding carboxylic acids is 1. The summed E-state index contributed by atoms with van der Waals surface area (Å²) in [6.07, 6.45) is 1.97. The Morgan fingerprint density at radius 2 is 2.18 bits per heavy atom. The zero-order chi connectivity index (χ0) is 12.6. The summed E-state index contributed by atoms with van der Waals surface area (Å²) in [6.45, 7) is 2.13. The number of amides is 1. The molecule has 94 valence electrons. The van der Waals surface area contributed by atoms with E-state index in [1.54, 1.807) is 0 Å². The van der Waals surface area contributed by atoms with Crippen molar-refractivity contribution < 1.29 is 13.2 Å². The van der Waals surface area contributed by atoms with E-state index in [2.05, 4.69) is 12.2 Å². The van der Waals surface area contributed by atoms with E-state index in [4.69, 9.17) is 10.7 Å². The average molecular weight is 294 g/mol. The zero-order valence-electron chi connectivity index (χ0n) is 9.14. The van der Waals surface area contributed by atoms with Crippen molar-refractivity contribution in [2.45, 2.75) is 30.0 Å².